The van der Waals surface area contributed by atoms with Crippen molar-refractivity contribution in [3.8, 4) is 16.9 Å². The highest BCUT2D eigenvalue weighted by Crippen LogP contribution is 2.28. The van der Waals surface area contributed by atoms with Gasteiger partial charge in [0.25, 0.3) is 0 Å². The highest BCUT2D eigenvalue weighted by molar-refractivity contribution is 5.68. The fraction of sp³-hybridized carbons (Fsp3) is 0.211. The van der Waals surface area contributed by atoms with Crippen molar-refractivity contribution >= 4 is 0 Å². The fourth-order valence-electron chi connectivity index (χ4n) is 3.01. The maximum atomic E-state index is 4.82. The third kappa shape index (κ3) is 2.49. The van der Waals surface area contributed by atoms with Crippen molar-refractivity contribution in [1.82, 2.24) is 9.78 Å². The number of para-hydroxylation sites is 1. The Morgan fingerprint density at radius 2 is 1.43 bits per heavy atom. The highest BCUT2D eigenvalue weighted by Gasteiger charge is 2.12. The van der Waals surface area contributed by atoms with Crippen molar-refractivity contribution in [3.05, 3.63) is 70.9 Å². The molecule has 106 valence electrons. The molecule has 21 heavy (non-hydrogen) atoms. The topological polar surface area (TPSA) is 17.8 Å². The number of hydrogen-bond acceptors (Lipinski definition) is 1. The standard InChI is InChI=1S/C19H20N2/c1-13-10-14(2)19(15(3)11-13)18-12-16(4)21(20-18)17-8-6-5-7-9-17/h5-12H,1-4H3. The third-order valence-corrected chi connectivity index (χ3v) is 3.82. The normalized spacial score (nSPS) is 10.9. The second-order valence-electron chi connectivity index (χ2n) is 5.69. The first kappa shape index (κ1) is 13.6. The van der Waals surface area contributed by atoms with E-state index < -0.39 is 0 Å². The fourth-order valence-corrected chi connectivity index (χ4v) is 3.01. The summed E-state index contributed by atoms with van der Waals surface area (Å²) in [5, 5.41) is 4.82. The van der Waals surface area contributed by atoms with Crippen LogP contribution in [-0.4, -0.2) is 9.78 Å². The SMILES string of the molecule is Cc1cc(C)c(-c2cc(C)n(-c3ccccc3)n2)c(C)c1. The Kier molecular flexibility index (Phi) is 3.38. The number of hydrogen-bond donors (Lipinski definition) is 0. The van der Waals surface area contributed by atoms with Crippen molar-refractivity contribution in [2.45, 2.75) is 27.7 Å². The summed E-state index contributed by atoms with van der Waals surface area (Å²) in [4.78, 5) is 0. The van der Waals surface area contributed by atoms with E-state index in [1.807, 2.05) is 22.9 Å². The van der Waals surface area contributed by atoms with Crippen molar-refractivity contribution in [3.63, 3.8) is 0 Å². The van der Waals surface area contributed by atoms with Crippen molar-refractivity contribution in [2.24, 2.45) is 0 Å². The Morgan fingerprint density at radius 1 is 0.810 bits per heavy atom. The summed E-state index contributed by atoms with van der Waals surface area (Å²) < 4.78 is 2.01. The number of rotatable bonds is 2. The summed E-state index contributed by atoms with van der Waals surface area (Å²) in [7, 11) is 0. The summed E-state index contributed by atoms with van der Waals surface area (Å²) in [6.45, 7) is 8.55. The average molecular weight is 276 g/mol. The van der Waals surface area contributed by atoms with Gasteiger partial charge in [0.15, 0.2) is 0 Å². The molecule has 0 amide bonds. The molecule has 0 aliphatic heterocycles. The molecule has 3 aromatic rings. The second-order valence-corrected chi connectivity index (χ2v) is 5.69. The molecule has 0 aliphatic carbocycles. The number of aryl methyl sites for hydroxylation is 4. The van der Waals surface area contributed by atoms with Crippen LogP contribution in [0.1, 0.15) is 22.4 Å². The average Bonchev–Trinajstić information content (AvgIpc) is 2.80. The predicted molar refractivity (Wildman–Crippen MR) is 87.9 cm³/mol. The van der Waals surface area contributed by atoms with Crippen LogP contribution >= 0.6 is 0 Å². The van der Waals surface area contributed by atoms with E-state index in [0.29, 0.717) is 0 Å². The van der Waals surface area contributed by atoms with Crippen molar-refractivity contribution in [2.75, 3.05) is 0 Å². The Balaban J connectivity index is 2.14. The molecule has 2 heteroatoms. The smallest absolute Gasteiger partial charge is 0.0935 e. The zero-order valence-corrected chi connectivity index (χ0v) is 13.0. The van der Waals surface area contributed by atoms with Gasteiger partial charge in [-0.3, -0.25) is 0 Å². The lowest BCUT2D eigenvalue weighted by atomic mass is 9.97. The molecule has 0 N–H and O–H groups in total. The Morgan fingerprint density at radius 3 is 2.05 bits per heavy atom. The highest BCUT2D eigenvalue weighted by atomic mass is 15.3. The van der Waals surface area contributed by atoms with Crippen molar-refractivity contribution in [1.29, 1.82) is 0 Å². The molecule has 0 unspecified atom stereocenters. The van der Waals surface area contributed by atoms with E-state index in [9.17, 15) is 0 Å². The molecule has 2 nitrogen and oxygen atoms in total. The predicted octanol–water partition coefficient (Wildman–Crippen LogP) is 4.77. The molecule has 1 heterocycles. The van der Waals surface area contributed by atoms with Gasteiger partial charge in [-0.15, -0.1) is 0 Å². The summed E-state index contributed by atoms with van der Waals surface area (Å²) in [6.07, 6.45) is 0. The van der Waals surface area contributed by atoms with E-state index in [2.05, 4.69) is 58.0 Å². The molecule has 0 spiro atoms. The monoisotopic (exact) mass is 276 g/mol. The van der Waals surface area contributed by atoms with Gasteiger partial charge in [-0.25, -0.2) is 4.68 Å². The largest absolute Gasteiger partial charge is 0.237 e. The summed E-state index contributed by atoms with van der Waals surface area (Å²) in [6, 6.07) is 16.9. The molecule has 0 bridgehead atoms. The lowest BCUT2D eigenvalue weighted by Crippen LogP contribution is -1.98. The molecular weight excluding hydrogens is 256 g/mol. The molecule has 0 radical (unpaired) electrons. The van der Waals surface area contributed by atoms with Crippen LogP contribution in [0.5, 0.6) is 0 Å². The Hall–Kier alpha value is -2.35. The maximum absolute atomic E-state index is 4.82. The molecule has 0 aliphatic rings. The van der Waals surface area contributed by atoms with E-state index in [0.717, 1.165) is 17.1 Å². The van der Waals surface area contributed by atoms with Crippen LogP contribution in [0.4, 0.5) is 0 Å². The third-order valence-electron chi connectivity index (χ3n) is 3.82. The van der Waals surface area contributed by atoms with Gasteiger partial charge in [0, 0.05) is 11.3 Å². The molecule has 0 saturated carbocycles. The first-order valence-corrected chi connectivity index (χ1v) is 7.26. The van der Waals surface area contributed by atoms with E-state index in [4.69, 9.17) is 5.10 Å². The first-order chi connectivity index (χ1) is 10.1. The van der Waals surface area contributed by atoms with Gasteiger partial charge in [0.2, 0.25) is 0 Å². The van der Waals surface area contributed by atoms with E-state index in [-0.39, 0.29) is 0 Å². The molecule has 3 rings (SSSR count). The first-order valence-electron chi connectivity index (χ1n) is 7.26. The molecule has 0 fully saturated rings. The van der Waals surface area contributed by atoms with Gasteiger partial charge in [-0.1, -0.05) is 35.9 Å². The quantitative estimate of drug-likeness (QED) is 0.659. The van der Waals surface area contributed by atoms with Crippen LogP contribution < -0.4 is 0 Å². The molecular formula is C19H20N2. The van der Waals surface area contributed by atoms with Crippen LogP contribution in [0, 0.1) is 27.7 Å². The van der Waals surface area contributed by atoms with Crippen LogP contribution in [0.15, 0.2) is 48.5 Å². The van der Waals surface area contributed by atoms with E-state index >= 15 is 0 Å². The zero-order valence-electron chi connectivity index (χ0n) is 13.0. The van der Waals surface area contributed by atoms with Gasteiger partial charge in [-0.05, 0) is 57.0 Å². The number of benzene rings is 2. The van der Waals surface area contributed by atoms with Gasteiger partial charge < -0.3 is 0 Å². The second kappa shape index (κ2) is 5.21. The van der Waals surface area contributed by atoms with Crippen LogP contribution in [0.2, 0.25) is 0 Å². The number of aromatic nitrogens is 2. The molecule has 2 aromatic carbocycles. The lowest BCUT2D eigenvalue weighted by Gasteiger charge is -2.09. The minimum atomic E-state index is 1.05. The Labute approximate surface area is 126 Å². The minimum absolute atomic E-state index is 1.05. The molecule has 0 saturated heterocycles. The molecule has 0 atom stereocenters. The van der Waals surface area contributed by atoms with Gasteiger partial charge in [0.05, 0.1) is 11.4 Å². The van der Waals surface area contributed by atoms with E-state index in [1.165, 1.54) is 22.3 Å². The zero-order chi connectivity index (χ0) is 15.0. The summed E-state index contributed by atoms with van der Waals surface area (Å²) >= 11 is 0. The van der Waals surface area contributed by atoms with Gasteiger partial charge >= 0.3 is 0 Å². The summed E-state index contributed by atoms with van der Waals surface area (Å²) in [5.41, 5.74) is 8.41. The van der Waals surface area contributed by atoms with Gasteiger partial charge in [-0.2, -0.15) is 5.10 Å². The Bertz CT molecular complexity index is 760. The van der Waals surface area contributed by atoms with Crippen LogP contribution in [0.3, 0.4) is 0 Å². The lowest BCUT2D eigenvalue weighted by molar-refractivity contribution is 0.849. The van der Waals surface area contributed by atoms with Crippen LogP contribution in [0.25, 0.3) is 16.9 Å². The van der Waals surface area contributed by atoms with Crippen LogP contribution in [-0.2, 0) is 0 Å². The van der Waals surface area contributed by atoms with Crippen molar-refractivity contribution < 1.29 is 0 Å². The maximum Gasteiger partial charge on any atom is 0.0935 e. The van der Waals surface area contributed by atoms with E-state index in [1.54, 1.807) is 0 Å². The summed E-state index contributed by atoms with van der Waals surface area (Å²) in [5.74, 6) is 0. The number of nitrogens with zero attached hydrogens (tertiary/aromatic N) is 2. The minimum Gasteiger partial charge on any atom is -0.237 e. The van der Waals surface area contributed by atoms with Gasteiger partial charge in [0.1, 0.15) is 0 Å². The molecule has 1 aromatic heterocycles.